The molecule has 0 amide bonds. The molecule has 0 heterocycles. The molecule has 0 bridgehead atoms. The molecule has 0 radical (unpaired) electrons. The molecule has 0 spiro atoms. The molecule has 7 rings (SSSR count). The van der Waals surface area contributed by atoms with Crippen molar-refractivity contribution in [3.05, 3.63) is 163 Å². The molecule has 0 unspecified atom stereocenters. The highest BCUT2D eigenvalue weighted by Crippen LogP contribution is 2.39. The second-order valence-electron chi connectivity index (χ2n) is 16.0. The van der Waals surface area contributed by atoms with Gasteiger partial charge in [-0.15, -0.1) is 0 Å². The largest absolute Gasteiger partial charge is 0.398 e. The third-order valence-electron chi connectivity index (χ3n) is 12.4. The molecule has 4 nitrogen and oxygen atoms in total. The summed E-state index contributed by atoms with van der Waals surface area (Å²) in [5, 5.41) is 2.46. The van der Waals surface area contributed by atoms with Crippen molar-refractivity contribution in [2.75, 3.05) is 11.5 Å². The van der Waals surface area contributed by atoms with Crippen LogP contribution in [0.4, 0.5) is 22.7 Å². The van der Waals surface area contributed by atoms with Crippen LogP contribution in [-0.2, 0) is 64.2 Å². The Morgan fingerprint density at radius 3 is 0.931 bits per heavy atom. The maximum atomic E-state index is 6.54. The minimum atomic E-state index is 0.877. The Bertz CT molecular complexity index is 2290. The average Bonchev–Trinajstić information content (AvgIpc) is 3.54. The van der Waals surface area contributed by atoms with Crippen molar-refractivity contribution in [3.63, 3.8) is 0 Å². The van der Waals surface area contributed by atoms with E-state index in [1.54, 1.807) is 0 Å². The van der Waals surface area contributed by atoms with E-state index in [-0.39, 0.29) is 0 Å². The fourth-order valence-corrected chi connectivity index (χ4v) is 9.22. The summed E-state index contributed by atoms with van der Waals surface area (Å²) in [6.07, 6.45) is 9.10. The third kappa shape index (κ3) is 7.74. The van der Waals surface area contributed by atoms with E-state index in [9.17, 15) is 0 Å². The van der Waals surface area contributed by atoms with Crippen LogP contribution in [0, 0.1) is 0 Å². The Morgan fingerprint density at radius 1 is 0.379 bits per heavy atom. The second kappa shape index (κ2) is 17.6. The first-order valence-electron chi connectivity index (χ1n) is 22.0. The zero-order valence-corrected chi connectivity index (χ0v) is 36.2. The van der Waals surface area contributed by atoms with Crippen LogP contribution in [0.15, 0.2) is 94.9 Å². The Balaban J connectivity index is 1.36. The highest BCUT2D eigenvalue weighted by atomic mass is 14.8. The van der Waals surface area contributed by atoms with Gasteiger partial charge in [0, 0.05) is 27.9 Å². The van der Waals surface area contributed by atoms with E-state index in [2.05, 4.69) is 140 Å². The van der Waals surface area contributed by atoms with Crippen molar-refractivity contribution in [3.8, 4) is 0 Å². The van der Waals surface area contributed by atoms with E-state index in [4.69, 9.17) is 21.5 Å². The molecular formula is C54H62N4. The summed E-state index contributed by atoms with van der Waals surface area (Å²) in [6, 6.07) is 32.0. The van der Waals surface area contributed by atoms with Gasteiger partial charge in [-0.3, -0.25) is 0 Å². The SMILES string of the molecule is CCc1cc(Cc2cc(CC)c(N=C3C(=Nc4c(CC)cc(Cc5cc(CC)c(N)c(CC)c5)cc4CC)c4cccc5cccc3c45)c(CC)c2)cc(CC)c1N. The number of aryl methyl sites for hydroxylation is 8. The fourth-order valence-electron chi connectivity index (χ4n) is 9.22. The summed E-state index contributed by atoms with van der Waals surface area (Å²) in [5.74, 6) is 0. The monoisotopic (exact) mass is 766 g/mol. The maximum absolute atomic E-state index is 6.54. The summed E-state index contributed by atoms with van der Waals surface area (Å²) >= 11 is 0. The van der Waals surface area contributed by atoms with Gasteiger partial charge in [0.2, 0.25) is 0 Å². The molecule has 4 heteroatoms. The van der Waals surface area contributed by atoms with Crippen molar-refractivity contribution in [2.24, 2.45) is 9.98 Å². The van der Waals surface area contributed by atoms with Crippen LogP contribution in [-0.4, -0.2) is 11.4 Å². The van der Waals surface area contributed by atoms with Crippen molar-refractivity contribution in [1.29, 1.82) is 0 Å². The lowest BCUT2D eigenvalue weighted by atomic mass is 9.92. The molecule has 0 aliphatic heterocycles. The molecule has 298 valence electrons. The standard InChI is InChI=1S/C54H62N4/c1-9-37-25-33(26-38(10-2)49(37)55)23-35-29-41(13-5)51(42(14-6)30-35)57-53-46-21-17-19-45-20-18-22-47(48(45)46)54(53)58-52-43(15-7)31-36(32-44(52)16-8)24-34-27-39(11-3)50(56)40(12-4)28-34/h17-22,25-32H,9-16,23-24,55-56H2,1-8H3. The zero-order chi connectivity index (χ0) is 41.1. The van der Waals surface area contributed by atoms with Crippen LogP contribution >= 0.6 is 0 Å². The molecule has 58 heavy (non-hydrogen) atoms. The second-order valence-corrected chi connectivity index (χ2v) is 16.0. The van der Waals surface area contributed by atoms with Gasteiger partial charge in [0.1, 0.15) is 0 Å². The first kappa shape index (κ1) is 40.7. The lowest BCUT2D eigenvalue weighted by Gasteiger charge is -2.17. The molecule has 6 aromatic carbocycles. The lowest BCUT2D eigenvalue weighted by Crippen LogP contribution is -2.11. The van der Waals surface area contributed by atoms with Crippen molar-refractivity contribution in [1.82, 2.24) is 0 Å². The predicted octanol–water partition coefficient (Wildman–Crippen LogP) is 12.9. The number of benzene rings is 6. The van der Waals surface area contributed by atoms with Crippen LogP contribution in [0.3, 0.4) is 0 Å². The first-order valence-corrected chi connectivity index (χ1v) is 22.0. The van der Waals surface area contributed by atoms with E-state index < -0.39 is 0 Å². The Hall–Kier alpha value is -5.48. The molecule has 1 aliphatic carbocycles. The highest BCUT2D eigenvalue weighted by molar-refractivity contribution is 6.61. The normalized spacial score (nSPS) is 13.7. The summed E-state index contributed by atoms with van der Waals surface area (Å²) in [4.78, 5) is 11.4. The number of nitrogens with two attached hydrogens (primary N) is 2. The number of hydrogen-bond donors (Lipinski definition) is 2. The molecule has 0 aromatic heterocycles. The predicted molar refractivity (Wildman–Crippen MR) is 252 cm³/mol. The van der Waals surface area contributed by atoms with Gasteiger partial charge < -0.3 is 11.5 Å². The van der Waals surface area contributed by atoms with Crippen LogP contribution in [0.2, 0.25) is 0 Å². The van der Waals surface area contributed by atoms with Crippen LogP contribution in [0.25, 0.3) is 10.8 Å². The molecule has 0 saturated heterocycles. The van der Waals surface area contributed by atoms with Gasteiger partial charge in [0.25, 0.3) is 0 Å². The van der Waals surface area contributed by atoms with Gasteiger partial charge in [-0.2, -0.15) is 0 Å². The maximum Gasteiger partial charge on any atom is 0.0979 e. The van der Waals surface area contributed by atoms with E-state index in [1.807, 2.05) is 0 Å². The minimum Gasteiger partial charge on any atom is -0.398 e. The first-order chi connectivity index (χ1) is 28.2. The summed E-state index contributed by atoms with van der Waals surface area (Å²) in [5.41, 5.74) is 36.8. The smallest absolute Gasteiger partial charge is 0.0979 e. The number of anilines is 2. The lowest BCUT2D eigenvalue weighted by molar-refractivity contribution is 1.03. The molecule has 4 N–H and O–H groups in total. The van der Waals surface area contributed by atoms with Gasteiger partial charge in [-0.1, -0.05) is 140 Å². The number of nitrogen functional groups attached to an aromatic ring is 2. The summed E-state index contributed by atoms with van der Waals surface area (Å²) in [7, 11) is 0. The number of nitrogens with zero attached hydrogens (tertiary/aromatic N) is 2. The van der Waals surface area contributed by atoms with Crippen molar-refractivity contribution >= 4 is 44.9 Å². The van der Waals surface area contributed by atoms with Crippen LogP contribution in [0.5, 0.6) is 0 Å². The molecular weight excluding hydrogens is 705 g/mol. The molecule has 6 aromatic rings. The van der Waals surface area contributed by atoms with Gasteiger partial charge in [-0.05, 0) is 136 Å². The number of rotatable bonds is 14. The van der Waals surface area contributed by atoms with Crippen molar-refractivity contribution < 1.29 is 0 Å². The van der Waals surface area contributed by atoms with Crippen LogP contribution < -0.4 is 11.5 Å². The zero-order valence-electron chi connectivity index (χ0n) is 36.2. The topological polar surface area (TPSA) is 76.8 Å². The van der Waals surface area contributed by atoms with Gasteiger partial charge in [0.15, 0.2) is 0 Å². The van der Waals surface area contributed by atoms with Gasteiger partial charge >= 0.3 is 0 Å². The highest BCUT2D eigenvalue weighted by Gasteiger charge is 2.29. The Labute approximate surface area is 347 Å². The summed E-state index contributed by atoms with van der Waals surface area (Å²) in [6.45, 7) is 17.8. The Kier molecular flexibility index (Phi) is 12.3. The molecule has 0 saturated carbocycles. The van der Waals surface area contributed by atoms with E-state index in [0.717, 1.165) is 110 Å². The molecule has 0 fully saturated rings. The third-order valence-corrected chi connectivity index (χ3v) is 12.4. The molecule has 1 aliphatic rings. The van der Waals surface area contributed by atoms with Crippen molar-refractivity contribution in [2.45, 2.75) is 120 Å². The van der Waals surface area contributed by atoms with E-state index in [1.165, 1.54) is 77.5 Å². The fraction of sp³-hybridized carbons (Fsp3) is 0.333. The summed E-state index contributed by atoms with van der Waals surface area (Å²) < 4.78 is 0. The van der Waals surface area contributed by atoms with E-state index >= 15 is 0 Å². The number of aliphatic imine (C=N–C) groups is 2. The Morgan fingerprint density at radius 2 is 0.655 bits per heavy atom. The van der Waals surface area contributed by atoms with Gasteiger partial charge in [0.05, 0.1) is 22.8 Å². The molecule has 0 atom stereocenters. The average molecular weight is 767 g/mol. The minimum absolute atomic E-state index is 0.877. The number of hydrogen-bond acceptors (Lipinski definition) is 4. The van der Waals surface area contributed by atoms with Crippen LogP contribution in [0.1, 0.15) is 133 Å². The van der Waals surface area contributed by atoms with E-state index in [0.29, 0.717) is 0 Å². The van der Waals surface area contributed by atoms with Gasteiger partial charge in [-0.25, -0.2) is 9.98 Å². The quantitative estimate of drug-likeness (QED) is 0.108.